The van der Waals surface area contributed by atoms with Crippen molar-refractivity contribution >= 4 is 29.3 Å². The van der Waals surface area contributed by atoms with Crippen LogP contribution in [0.5, 0.6) is 0 Å². The maximum atomic E-state index is 12.8. The molecular weight excluding hydrogens is 239 g/mol. The van der Waals surface area contributed by atoms with Gasteiger partial charge in [-0.05, 0) is 18.2 Å². The van der Waals surface area contributed by atoms with Crippen LogP contribution in [-0.2, 0) is 4.79 Å². The summed E-state index contributed by atoms with van der Waals surface area (Å²) in [5.41, 5.74) is 0.146. The molecule has 0 aliphatic rings. The molecular formula is C9H8ClFN2O3. The summed E-state index contributed by atoms with van der Waals surface area (Å²) < 4.78 is 12.8. The van der Waals surface area contributed by atoms with Crippen LogP contribution in [0.4, 0.5) is 14.9 Å². The van der Waals surface area contributed by atoms with Gasteiger partial charge in [0.2, 0.25) is 0 Å². The van der Waals surface area contributed by atoms with Crippen molar-refractivity contribution < 1.29 is 19.1 Å². The van der Waals surface area contributed by atoms with Gasteiger partial charge in [-0.25, -0.2) is 9.18 Å². The van der Waals surface area contributed by atoms with Crippen LogP contribution in [-0.4, -0.2) is 23.7 Å². The van der Waals surface area contributed by atoms with Gasteiger partial charge >= 0.3 is 12.0 Å². The number of rotatable bonds is 3. The highest BCUT2D eigenvalue weighted by atomic mass is 35.5. The molecule has 0 unspecified atom stereocenters. The first kappa shape index (κ1) is 12.3. The predicted octanol–water partition coefficient (Wildman–Crippen LogP) is 1.69. The Labute approximate surface area is 95.2 Å². The molecule has 0 bridgehead atoms. The Bertz CT molecular complexity index is 405. The van der Waals surface area contributed by atoms with Crippen LogP contribution < -0.4 is 10.6 Å². The normalized spacial score (nSPS) is 9.62. The van der Waals surface area contributed by atoms with Crippen LogP contribution in [0.1, 0.15) is 0 Å². The van der Waals surface area contributed by atoms with E-state index in [1.807, 2.05) is 0 Å². The van der Waals surface area contributed by atoms with E-state index in [-0.39, 0.29) is 10.7 Å². The molecule has 0 aliphatic heterocycles. The molecule has 0 aromatic heterocycles. The molecule has 1 rings (SSSR count). The largest absolute Gasteiger partial charge is 0.480 e. The molecule has 0 atom stereocenters. The van der Waals surface area contributed by atoms with Gasteiger partial charge in [0.05, 0.1) is 0 Å². The predicted molar refractivity (Wildman–Crippen MR) is 56.1 cm³/mol. The van der Waals surface area contributed by atoms with Crippen LogP contribution in [0.15, 0.2) is 18.2 Å². The first-order valence-corrected chi connectivity index (χ1v) is 4.58. The molecule has 16 heavy (non-hydrogen) atoms. The SMILES string of the molecule is O=C(O)CNC(=O)Nc1cc(F)cc(Cl)c1. The van der Waals surface area contributed by atoms with Gasteiger partial charge < -0.3 is 15.7 Å². The molecule has 86 valence electrons. The Balaban J connectivity index is 2.59. The molecule has 1 aromatic rings. The Morgan fingerprint density at radius 2 is 2.06 bits per heavy atom. The maximum absolute atomic E-state index is 12.8. The van der Waals surface area contributed by atoms with E-state index in [9.17, 15) is 14.0 Å². The first-order valence-electron chi connectivity index (χ1n) is 4.20. The van der Waals surface area contributed by atoms with Crippen LogP contribution in [0, 0.1) is 5.82 Å². The fourth-order valence-corrected chi connectivity index (χ4v) is 1.18. The van der Waals surface area contributed by atoms with E-state index < -0.39 is 24.4 Å². The zero-order chi connectivity index (χ0) is 12.1. The van der Waals surface area contributed by atoms with E-state index in [1.165, 1.54) is 6.07 Å². The zero-order valence-corrected chi connectivity index (χ0v) is 8.71. The summed E-state index contributed by atoms with van der Waals surface area (Å²) in [6.07, 6.45) is 0. The minimum absolute atomic E-state index is 0.133. The number of benzene rings is 1. The lowest BCUT2D eigenvalue weighted by Gasteiger charge is -2.06. The summed E-state index contributed by atoms with van der Waals surface area (Å²) in [6, 6.07) is 2.74. The van der Waals surface area contributed by atoms with Crippen molar-refractivity contribution in [3.63, 3.8) is 0 Å². The Morgan fingerprint density at radius 3 is 2.62 bits per heavy atom. The second-order valence-electron chi connectivity index (χ2n) is 2.86. The van der Waals surface area contributed by atoms with Crippen molar-refractivity contribution in [1.29, 1.82) is 0 Å². The molecule has 0 fully saturated rings. The Hall–Kier alpha value is -1.82. The first-order chi connectivity index (χ1) is 7.47. The number of urea groups is 1. The average molecular weight is 247 g/mol. The lowest BCUT2D eigenvalue weighted by atomic mass is 10.3. The van der Waals surface area contributed by atoms with E-state index in [0.29, 0.717) is 0 Å². The van der Waals surface area contributed by atoms with E-state index >= 15 is 0 Å². The number of carbonyl (C=O) groups is 2. The van der Waals surface area contributed by atoms with Gasteiger partial charge in [0.25, 0.3) is 0 Å². The summed E-state index contributed by atoms with van der Waals surface area (Å²) in [7, 11) is 0. The highest BCUT2D eigenvalue weighted by Gasteiger charge is 2.05. The fraction of sp³-hybridized carbons (Fsp3) is 0.111. The van der Waals surface area contributed by atoms with Crippen molar-refractivity contribution in [3.05, 3.63) is 29.0 Å². The van der Waals surface area contributed by atoms with E-state index in [2.05, 4.69) is 10.6 Å². The number of carboxylic acids is 1. The number of hydrogen-bond acceptors (Lipinski definition) is 2. The molecule has 0 spiro atoms. The summed E-state index contributed by atoms with van der Waals surface area (Å²) >= 11 is 5.56. The second kappa shape index (κ2) is 5.32. The monoisotopic (exact) mass is 246 g/mol. The minimum Gasteiger partial charge on any atom is -0.480 e. The standard InChI is InChI=1S/C9H8ClFN2O3/c10-5-1-6(11)3-7(2-5)13-9(16)12-4-8(14)15/h1-3H,4H2,(H,14,15)(H2,12,13,16). The number of aliphatic carboxylic acids is 1. The lowest BCUT2D eigenvalue weighted by molar-refractivity contribution is -0.135. The topological polar surface area (TPSA) is 78.4 Å². The van der Waals surface area contributed by atoms with Crippen LogP contribution in [0.3, 0.4) is 0 Å². The molecule has 0 radical (unpaired) electrons. The van der Waals surface area contributed by atoms with Crippen molar-refractivity contribution in [3.8, 4) is 0 Å². The molecule has 7 heteroatoms. The molecule has 0 aliphatic carbocycles. The number of hydrogen-bond donors (Lipinski definition) is 3. The van der Waals surface area contributed by atoms with Crippen molar-refractivity contribution in [2.75, 3.05) is 11.9 Å². The third-order valence-corrected chi connectivity index (χ3v) is 1.74. The van der Waals surface area contributed by atoms with Gasteiger partial charge in [0.1, 0.15) is 12.4 Å². The van der Waals surface area contributed by atoms with Crippen LogP contribution in [0.25, 0.3) is 0 Å². The molecule has 2 amide bonds. The summed E-state index contributed by atoms with van der Waals surface area (Å²) in [6.45, 7) is -0.519. The van der Waals surface area contributed by atoms with Crippen molar-refractivity contribution in [1.82, 2.24) is 5.32 Å². The van der Waals surface area contributed by atoms with E-state index in [0.717, 1.165) is 12.1 Å². The van der Waals surface area contributed by atoms with Gasteiger partial charge in [-0.3, -0.25) is 4.79 Å². The van der Waals surface area contributed by atoms with Crippen molar-refractivity contribution in [2.45, 2.75) is 0 Å². The lowest BCUT2D eigenvalue weighted by Crippen LogP contribution is -2.33. The molecule has 3 N–H and O–H groups in total. The highest BCUT2D eigenvalue weighted by Crippen LogP contribution is 2.17. The van der Waals surface area contributed by atoms with Crippen LogP contribution in [0.2, 0.25) is 5.02 Å². The molecule has 1 aromatic carbocycles. The Morgan fingerprint density at radius 1 is 1.38 bits per heavy atom. The van der Waals surface area contributed by atoms with Crippen LogP contribution >= 0.6 is 11.6 Å². The van der Waals surface area contributed by atoms with E-state index in [1.54, 1.807) is 0 Å². The summed E-state index contributed by atoms with van der Waals surface area (Å²) in [4.78, 5) is 21.2. The fourth-order valence-electron chi connectivity index (χ4n) is 0.957. The molecule has 0 saturated heterocycles. The summed E-state index contributed by atoms with van der Waals surface area (Å²) in [5, 5.41) is 12.7. The number of anilines is 1. The zero-order valence-electron chi connectivity index (χ0n) is 7.96. The van der Waals surface area contributed by atoms with Gasteiger partial charge in [0.15, 0.2) is 0 Å². The maximum Gasteiger partial charge on any atom is 0.323 e. The van der Waals surface area contributed by atoms with Gasteiger partial charge in [-0.2, -0.15) is 0 Å². The third-order valence-electron chi connectivity index (χ3n) is 1.52. The molecule has 0 heterocycles. The van der Waals surface area contributed by atoms with Gasteiger partial charge in [-0.15, -0.1) is 0 Å². The number of nitrogens with one attached hydrogen (secondary N) is 2. The smallest absolute Gasteiger partial charge is 0.323 e. The number of carbonyl (C=O) groups excluding carboxylic acids is 1. The van der Waals surface area contributed by atoms with Gasteiger partial charge in [0, 0.05) is 10.7 Å². The average Bonchev–Trinajstić information content (AvgIpc) is 2.12. The van der Waals surface area contributed by atoms with E-state index in [4.69, 9.17) is 16.7 Å². The molecule has 0 saturated carbocycles. The van der Waals surface area contributed by atoms with Crippen molar-refractivity contribution in [2.24, 2.45) is 0 Å². The third kappa shape index (κ3) is 4.14. The number of carboxylic acid groups (broad SMARTS) is 1. The highest BCUT2D eigenvalue weighted by molar-refractivity contribution is 6.30. The quantitative estimate of drug-likeness (QED) is 0.759. The summed E-state index contributed by atoms with van der Waals surface area (Å²) in [5.74, 6) is -1.77. The Kier molecular flexibility index (Phi) is 4.07. The molecule has 5 nitrogen and oxygen atoms in total. The minimum atomic E-state index is -1.17. The second-order valence-corrected chi connectivity index (χ2v) is 3.30. The number of halogens is 2. The number of amides is 2. The van der Waals surface area contributed by atoms with Gasteiger partial charge in [-0.1, -0.05) is 11.6 Å².